The number of guanidine groups is 1. The maximum Gasteiger partial charge on any atom is 0.191 e. The van der Waals surface area contributed by atoms with Crippen LogP contribution >= 0.6 is 35.6 Å². The van der Waals surface area contributed by atoms with E-state index >= 15 is 0 Å². The Kier molecular flexibility index (Phi) is 9.82. The number of furan rings is 1. The number of aliphatic hydroxyl groups is 1. The third kappa shape index (κ3) is 7.11. The molecule has 0 bridgehead atoms. The average Bonchev–Trinajstić information content (AvgIpc) is 3.08. The first-order valence-corrected chi connectivity index (χ1v) is 8.05. The molecule has 0 spiro atoms. The van der Waals surface area contributed by atoms with Crippen molar-refractivity contribution in [2.75, 3.05) is 19.6 Å². The highest BCUT2D eigenvalue weighted by atomic mass is 127. The van der Waals surface area contributed by atoms with Gasteiger partial charge in [-0.2, -0.15) is 0 Å². The summed E-state index contributed by atoms with van der Waals surface area (Å²) in [5, 5.41) is 17.1. The van der Waals surface area contributed by atoms with Crippen molar-refractivity contribution in [3.05, 3.63) is 59.0 Å². The molecule has 24 heavy (non-hydrogen) atoms. The van der Waals surface area contributed by atoms with Gasteiger partial charge >= 0.3 is 0 Å². The number of hydrogen-bond donors (Lipinski definition) is 3. The Labute approximate surface area is 164 Å². The molecule has 1 aromatic carbocycles. The van der Waals surface area contributed by atoms with Gasteiger partial charge in [0.05, 0.1) is 12.8 Å². The van der Waals surface area contributed by atoms with Gasteiger partial charge in [-0.25, -0.2) is 0 Å². The lowest BCUT2D eigenvalue weighted by Gasteiger charge is -2.12. The van der Waals surface area contributed by atoms with E-state index in [1.54, 1.807) is 12.1 Å². The molecule has 1 unspecified atom stereocenters. The van der Waals surface area contributed by atoms with Gasteiger partial charge in [0, 0.05) is 18.1 Å². The van der Waals surface area contributed by atoms with Gasteiger partial charge < -0.3 is 20.2 Å². The van der Waals surface area contributed by atoms with E-state index in [0.717, 1.165) is 24.5 Å². The molecular weight excluding hydrogens is 441 g/mol. The van der Waals surface area contributed by atoms with E-state index in [0.29, 0.717) is 11.7 Å². The highest BCUT2D eigenvalue weighted by Crippen LogP contribution is 2.13. The van der Waals surface area contributed by atoms with Crippen LogP contribution in [0.3, 0.4) is 0 Å². The van der Waals surface area contributed by atoms with Crippen LogP contribution in [0.5, 0.6) is 0 Å². The molecule has 0 aliphatic rings. The molecule has 2 aromatic rings. The second-order valence-electron chi connectivity index (χ2n) is 5.05. The molecular formula is C17H23ClIN3O2. The summed E-state index contributed by atoms with van der Waals surface area (Å²) in [5.41, 5.74) is 1.20. The Morgan fingerprint density at radius 2 is 2.00 bits per heavy atom. The first kappa shape index (κ1) is 20.8. The van der Waals surface area contributed by atoms with Crippen molar-refractivity contribution >= 4 is 41.5 Å². The highest BCUT2D eigenvalue weighted by Gasteiger charge is 2.09. The van der Waals surface area contributed by atoms with Gasteiger partial charge in [0.1, 0.15) is 11.9 Å². The van der Waals surface area contributed by atoms with Crippen LogP contribution in [0.4, 0.5) is 0 Å². The Hall–Kier alpha value is -1.25. The highest BCUT2D eigenvalue weighted by molar-refractivity contribution is 14.0. The number of benzene rings is 1. The molecule has 0 radical (unpaired) electrons. The van der Waals surface area contributed by atoms with E-state index in [2.05, 4.69) is 15.6 Å². The Bertz CT molecular complexity index is 603. The molecule has 0 amide bonds. The van der Waals surface area contributed by atoms with Crippen molar-refractivity contribution in [2.24, 2.45) is 4.99 Å². The van der Waals surface area contributed by atoms with Crippen LogP contribution in [0, 0.1) is 0 Å². The van der Waals surface area contributed by atoms with Gasteiger partial charge in [0.25, 0.3) is 0 Å². The summed E-state index contributed by atoms with van der Waals surface area (Å²) in [6, 6.07) is 11.3. The van der Waals surface area contributed by atoms with Crippen molar-refractivity contribution in [1.82, 2.24) is 10.6 Å². The summed E-state index contributed by atoms with van der Waals surface area (Å²) in [6.07, 6.45) is 1.66. The van der Waals surface area contributed by atoms with Gasteiger partial charge in [-0.15, -0.1) is 24.0 Å². The van der Waals surface area contributed by atoms with Gasteiger partial charge in [-0.05, 0) is 43.2 Å². The molecule has 0 saturated carbocycles. The van der Waals surface area contributed by atoms with Gasteiger partial charge in [-0.3, -0.25) is 4.99 Å². The van der Waals surface area contributed by atoms with Crippen LogP contribution in [0.25, 0.3) is 0 Å². The van der Waals surface area contributed by atoms with E-state index in [1.165, 1.54) is 11.8 Å². The quantitative estimate of drug-likeness (QED) is 0.334. The van der Waals surface area contributed by atoms with Crippen LogP contribution in [0.2, 0.25) is 5.02 Å². The molecule has 0 aliphatic heterocycles. The lowest BCUT2D eigenvalue weighted by molar-refractivity contribution is 0.158. The van der Waals surface area contributed by atoms with Crippen molar-refractivity contribution in [1.29, 1.82) is 0 Å². The van der Waals surface area contributed by atoms with Gasteiger partial charge in [-0.1, -0.05) is 23.7 Å². The van der Waals surface area contributed by atoms with Crippen molar-refractivity contribution in [3.63, 3.8) is 0 Å². The fourth-order valence-corrected chi connectivity index (χ4v) is 2.19. The minimum atomic E-state index is -0.739. The molecule has 2 rings (SSSR count). The predicted molar refractivity (Wildman–Crippen MR) is 108 cm³/mol. The second kappa shape index (κ2) is 11.3. The number of nitrogens with zero attached hydrogens (tertiary/aromatic N) is 1. The number of hydrogen-bond acceptors (Lipinski definition) is 3. The maximum atomic E-state index is 9.99. The number of rotatable bonds is 7. The van der Waals surface area contributed by atoms with Crippen LogP contribution in [0.1, 0.15) is 24.4 Å². The SMILES string of the molecule is CCNC(=NCC(O)c1ccco1)NCCc1ccc(Cl)cc1.I. The molecule has 0 fully saturated rings. The molecule has 1 atom stereocenters. The summed E-state index contributed by atoms with van der Waals surface area (Å²) in [4.78, 5) is 4.38. The third-order valence-electron chi connectivity index (χ3n) is 3.26. The zero-order valence-corrected chi connectivity index (χ0v) is 16.6. The van der Waals surface area contributed by atoms with Crippen LogP contribution < -0.4 is 10.6 Å². The summed E-state index contributed by atoms with van der Waals surface area (Å²) < 4.78 is 5.17. The normalized spacial score (nSPS) is 12.4. The molecule has 5 nitrogen and oxygen atoms in total. The molecule has 0 saturated heterocycles. The number of aliphatic imine (C=N–C) groups is 1. The second-order valence-corrected chi connectivity index (χ2v) is 5.49. The number of nitrogens with one attached hydrogen (secondary N) is 2. The molecule has 132 valence electrons. The third-order valence-corrected chi connectivity index (χ3v) is 3.51. The topological polar surface area (TPSA) is 69.8 Å². The van der Waals surface area contributed by atoms with E-state index in [4.69, 9.17) is 16.0 Å². The monoisotopic (exact) mass is 463 g/mol. The molecule has 1 aromatic heterocycles. The van der Waals surface area contributed by atoms with Crippen LogP contribution in [0.15, 0.2) is 52.1 Å². The Morgan fingerprint density at radius 1 is 1.25 bits per heavy atom. The smallest absolute Gasteiger partial charge is 0.191 e. The van der Waals surface area contributed by atoms with Crippen molar-refractivity contribution in [3.8, 4) is 0 Å². The van der Waals surface area contributed by atoms with E-state index in [-0.39, 0.29) is 30.5 Å². The fourth-order valence-electron chi connectivity index (χ4n) is 2.07. The van der Waals surface area contributed by atoms with Crippen molar-refractivity contribution < 1.29 is 9.52 Å². The van der Waals surface area contributed by atoms with E-state index < -0.39 is 6.10 Å². The predicted octanol–water partition coefficient (Wildman–Crippen LogP) is 3.38. The molecule has 7 heteroatoms. The average molecular weight is 464 g/mol. The van der Waals surface area contributed by atoms with Gasteiger partial charge in [0.15, 0.2) is 5.96 Å². The first-order valence-electron chi connectivity index (χ1n) is 7.67. The van der Waals surface area contributed by atoms with Gasteiger partial charge in [0.2, 0.25) is 0 Å². The summed E-state index contributed by atoms with van der Waals surface area (Å²) in [6.45, 7) is 3.73. The molecule has 0 aliphatic carbocycles. The zero-order chi connectivity index (χ0) is 16.5. The minimum Gasteiger partial charge on any atom is -0.467 e. The van der Waals surface area contributed by atoms with Crippen LogP contribution in [-0.2, 0) is 6.42 Å². The lowest BCUT2D eigenvalue weighted by Crippen LogP contribution is -2.38. The van der Waals surface area contributed by atoms with Crippen LogP contribution in [-0.4, -0.2) is 30.7 Å². The summed E-state index contributed by atoms with van der Waals surface area (Å²) in [5.74, 6) is 1.19. The Balaban J connectivity index is 0.00000288. The molecule has 1 heterocycles. The largest absolute Gasteiger partial charge is 0.467 e. The maximum absolute atomic E-state index is 9.99. The summed E-state index contributed by atoms with van der Waals surface area (Å²) >= 11 is 5.87. The van der Waals surface area contributed by atoms with Crippen molar-refractivity contribution in [2.45, 2.75) is 19.4 Å². The minimum absolute atomic E-state index is 0. The number of aliphatic hydroxyl groups excluding tert-OH is 1. The first-order chi connectivity index (χ1) is 11.2. The summed E-state index contributed by atoms with van der Waals surface area (Å²) in [7, 11) is 0. The van der Waals surface area contributed by atoms with E-state index in [1.807, 2.05) is 31.2 Å². The lowest BCUT2D eigenvalue weighted by atomic mass is 10.1. The molecule has 3 N–H and O–H groups in total. The fraction of sp³-hybridized carbons (Fsp3) is 0.353. The zero-order valence-electron chi connectivity index (χ0n) is 13.5. The number of halogens is 2. The standard InChI is InChI=1S/C17H22ClN3O2.HI/c1-2-19-17(21-12-15(22)16-4-3-11-23-16)20-10-9-13-5-7-14(18)8-6-13;/h3-8,11,15,22H,2,9-10,12H2,1H3,(H2,19,20,21);1H. The van der Waals surface area contributed by atoms with E-state index in [9.17, 15) is 5.11 Å². The Morgan fingerprint density at radius 3 is 2.62 bits per heavy atom.